The summed E-state index contributed by atoms with van der Waals surface area (Å²) in [6.07, 6.45) is 7.63. The number of hydrogen-bond acceptors (Lipinski definition) is 2. The van der Waals surface area contributed by atoms with Crippen molar-refractivity contribution < 1.29 is 0 Å². The molecule has 2 rings (SSSR count). The van der Waals surface area contributed by atoms with Crippen LogP contribution in [0.3, 0.4) is 0 Å². The summed E-state index contributed by atoms with van der Waals surface area (Å²) < 4.78 is 0. The fourth-order valence-electron chi connectivity index (χ4n) is 1.19. The molecule has 2 nitrogen and oxygen atoms in total. The second-order valence-electron chi connectivity index (χ2n) is 2.35. The molecular formula is C7H8N2. The van der Waals surface area contributed by atoms with E-state index in [0.717, 1.165) is 5.70 Å². The van der Waals surface area contributed by atoms with Crippen LogP contribution in [0.25, 0.3) is 0 Å². The molecule has 9 heavy (non-hydrogen) atoms. The second kappa shape index (κ2) is 1.79. The Morgan fingerprint density at radius 1 is 1.44 bits per heavy atom. The van der Waals surface area contributed by atoms with Crippen molar-refractivity contribution in [3.8, 4) is 0 Å². The lowest BCUT2D eigenvalue weighted by Crippen LogP contribution is -1.89. The van der Waals surface area contributed by atoms with Gasteiger partial charge in [0.15, 0.2) is 0 Å². The smallest absolute Gasteiger partial charge is 0.0865 e. The molecule has 0 aromatic rings. The minimum atomic E-state index is 1.11. The number of allylic oxidation sites excluding steroid dienone is 2. The van der Waals surface area contributed by atoms with Gasteiger partial charge in [0.2, 0.25) is 0 Å². The summed E-state index contributed by atoms with van der Waals surface area (Å²) in [4.78, 5) is 0. The zero-order chi connectivity index (χ0) is 6.10. The van der Waals surface area contributed by atoms with Crippen LogP contribution in [0.5, 0.6) is 0 Å². The quantitative estimate of drug-likeness (QED) is 0.469. The molecule has 46 valence electrons. The fraction of sp³-hybridized carbons (Fsp3) is 0.429. The van der Waals surface area contributed by atoms with Crippen LogP contribution in [0.1, 0.15) is 19.3 Å². The average Bonchev–Trinajstić information content (AvgIpc) is 2.33. The number of rotatable bonds is 0. The van der Waals surface area contributed by atoms with Gasteiger partial charge in [-0.3, -0.25) is 0 Å². The van der Waals surface area contributed by atoms with Crippen molar-refractivity contribution in [1.82, 2.24) is 0 Å². The molecule has 0 bridgehead atoms. The summed E-state index contributed by atoms with van der Waals surface area (Å²) in [6, 6.07) is 0. The highest BCUT2D eigenvalue weighted by Crippen LogP contribution is 2.28. The van der Waals surface area contributed by atoms with Crippen molar-refractivity contribution >= 4 is 0 Å². The van der Waals surface area contributed by atoms with Gasteiger partial charge in [-0.2, -0.15) is 10.2 Å². The molecule has 0 spiro atoms. The van der Waals surface area contributed by atoms with Crippen molar-refractivity contribution in [2.24, 2.45) is 10.2 Å². The number of fused-ring (bicyclic) bond motifs is 1. The maximum atomic E-state index is 3.95. The fourth-order valence-corrected chi connectivity index (χ4v) is 1.19. The molecule has 0 saturated carbocycles. The molecule has 0 atom stereocenters. The van der Waals surface area contributed by atoms with E-state index in [1.165, 1.54) is 24.8 Å². The van der Waals surface area contributed by atoms with Crippen molar-refractivity contribution in [3.63, 3.8) is 0 Å². The summed E-state index contributed by atoms with van der Waals surface area (Å²) in [5.41, 5.74) is 2.43. The Balaban J connectivity index is 2.38. The van der Waals surface area contributed by atoms with E-state index in [1.807, 2.05) is 6.20 Å². The van der Waals surface area contributed by atoms with Gasteiger partial charge in [0, 0.05) is 0 Å². The number of hydrogen-bond donors (Lipinski definition) is 0. The molecule has 2 aliphatic rings. The monoisotopic (exact) mass is 120 g/mol. The van der Waals surface area contributed by atoms with Gasteiger partial charge in [0.05, 0.1) is 11.9 Å². The van der Waals surface area contributed by atoms with Crippen molar-refractivity contribution in [1.29, 1.82) is 0 Å². The van der Waals surface area contributed by atoms with Gasteiger partial charge in [-0.1, -0.05) is 6.08 Å². The second-order valence-corrected chi connectivity index (χ2v) is 2.35. The summed E-state index contributed by atoms with van der Waals surface area (Å²) in [5.74, 6) is 0. The Bertz CT molecular complexity index is 211. The predicted molar refractivity (Wildman–Crippen MR) is 34.9 cm³/mol. The maximum absolute atomic E-state index is 3.95. The molecule has 2 heteroatoms. The third kappa shape index (κ3) is 0.707. The van der Waals surface area contributed by atoms with Gasteiger partial charge >= 0.3 is 0 Å². The first-order valence-electron chi connectivity index (χ1n) is 3.27. The standard InChI is InChI=1S/C7H8N2/c1-2-4-7-6(3-1)5-8-9-7/h4-5H,1-3H2. The van der Waals surface area contributed by atoms with E-state index < -0.39 is 0 Å². The highest BCUT2D eigenvalue weighted by molar-refractivity contribution is 5.33. The van der Waals surface area contributed by atoms with Crippen LogP contribution in [-0.4, -0.2) is 0 Å². The predicted octanol–water partition coefficient (Wildman–Crippen LogP) is 2.40. The topological polar surface area (TPSA) is 24.7 Å². The van der Waals surface area contributed by atoms with Crippen LogP contribution in [-0.2, 0) is 0 Å². The van der Waals surface area contributed by atoms with Gasteiger partial charge in [-0.15, -0.1) is 0 Å². The van der Waals surface area contributed by atoms with Crippen LogP contribution < -0.4 is 0 Å². The van der Waals surface area contributed by atoms with Gasteiger partial charge in [0.1, 0.15) is 0 Å². The van der Waals surface area contributed by atoms with E-state index in [0.29, 0.717) is 0 Å². The molecule has 1 aliphatic heterocycles. The molecule has 0 aromatic heterocycles. The van der Waals surface area contributed by atoms with Gasteiger partial charge in [0.25, 0.3) is 0 Å². The van der Waals surface area contributed by atoms with E-state index in [-0.39, 0.29) is 0 Å². The molecule has 0 saturated heterocycles. The first-order valence-corrected chi connectivity index (χ1v) is 3.27. The summed E-state index contributed by atoms with van der Waals surface area (Å²) in [7, 11) is 0. The molecule has 0 amide bonds. The highest BCUT2D eigenvalue weighted by Gasteiger charge is 2.11. The first-order chi connectivity index (χ1) is 4.47. The molecule has 0 unspecified atom stereocenters. The van der Waals surface area contributed by atoms with E-state index in [2.05, 4.69) is 16.3 Å². The van der Waals surface area contributed by atoms with Crippen LogP contribution in [0, 0.1) is 0 Å². The molecule has 0 aromatic carbocycles. The van der Waals surface area contributed by atoms with Crippen LogP contribution in [0.4, 0.5) is 0 Å². The number of nitrogens with zero attached hydrogens (tertiary/aromatic N) is 2. The van der Waals surface area contributed by atoms with Crippen LogP contribution in [0.15, 0.2) is 33.8 Å². The molecule has 1 heterocycles. The third-order valence-electron chi connectivity index (χ3n) is 1.70. The third-order valence-corrected chi connectivity index (χ3v) is 1.70. The molecule has 0 fully saturated rings. The molecule has 1 aliphatic carbocycles. The van der Waals surface area contributed by atoms with E-state index >= 15 is 0 Å². The average molecular weight is 120 g/mol. The lowest BCUT2D eigenvalue weighted by atomic mass is 10.0. The van der Waals surface area contributed by atoms with Crippen LogP contribution >= 0.6 is 0 Å². The van der Waals surface area contributed by atoms with Gasteiger partial charge < -0.3 is 0 Å². The minimum absolute atomic E-state index is 1.11. The van der Waals surface area contributed by atoms with E-state index in [1.54, 1.807) is 0 Å². The summed E-state index contributed by atoms with van der Waals surface area (Å²) in [5, 5.41) is 7.77. The summed E-state index contributed by atoms with van der Waals surface area (Å²) >= 11 is 0. The van der Waals surface area contributed by atoms with E-state index in [4.69, 9.17) is 0 Å². The van der Waals surface area contributed by atoms with Crippen LogP contribution in [0.2, 0.25) is 0 Å². The van der Waals surface area contributed by atoms with Crippen molar-refractivity contribution in [2.75, 3.05) is 0 Å². The Morgan fingerprint density at radius 2 is 2.44 bits per heavy atom. The lowest BCUT2D eigenvalue weighted by molar-refractivity contribution is 0.802. The zero-order valence-electron chi connectivity index (χ0n) is 5.17. The Hall–Kier alpha value is -0.920. The molecule has 0 N–H and O–H groups in total. The van der Waals surface area contributed by atoms with Crippen molar-refractivity contribution in [2.45, 2.75) is 19.3 Å². The zero-order valence-corrected chi connectivity index (χ0v) is 5.17. The normalized spacial score (nSPS) is 23.1. The Labute approximate surface area is 54.0 Å². The lowest BCUT2D eigenvalue weighted by Gasteiger charge is -2.06. The van der Waals surface area contributed by atoms with Gasteiger partial charge in [-0.05, 0) is 24.8 Å². The highest BCUT2D eigenvalue weighted by atomic mass is 15.1. The summed E-state index contributed by atoms with van der Waals surface area (Å²) in [6.45, 7) is 0. The van der Waals surface area contributed by atoms with Gasteiger partial charge in [-0.25, -0.2) is 0 Å². The van der Waals surface area contributed by atoms with E-state index in [9.17, 15) is 0 Å². The van der Waals surface area contributed by atoms with Crippen molar-refractivity contribution in [3.05, 3.63) is 23.5 Å². The maximum Gasteiger partial charge on any atom is 0.0865 e. The Kier molecular flexibility index (Phi) is 0.979. The molecular weight excluding hydrogens is 112 g/mol. The minimum Gasteiger partial charge on any atom is -0.158 e. The molecule has 0 radical (unpaired) electrons. The Morgan fingerprint density at radius 3 is 3.33 bits per heavy atom. The first kappa shape index (κ1) is 4.91. The number of azo groups is 1. The largest absolute Gasteiger partial charge is 0.158 e. The SMILES string of the molecule is C1=C2CCCC=C2N=N1.